The summed E-state index contributed by atoms with van der Waals surface area (Å²) in [6.45, 7) is 6.38. The Morgan fingerprint density at radius 2 is 2.12 bits per heavy atom. The molecule has 0 bridgehead atoms. The molecule has 2 aliphatic rings. The Hall–Kier alpha value is -1.99. The SMILES string of the molecule is Cc1cccnc1CC(=O)N1CC(O)(CNC(=O)C(C)N2CCC2)C1. The quantitative estimate of drug-likeness (QED) is 0.740. The zero-order valence-electron chi connectivity index (χ0n) is 14.9. The second-order valence-electron chi connectivity index (χ2n) is 7.20. The predicted octanol–water partition coefficient (Wildman–Crippen LogP) is -0.284. The second-order valence-corrected chi connectivity index (χ2v) is 7.20. The van der Waals surface area contributed by atoms with Crippen molar-refractivity contribution in [3.05, 3.63) is 29.6 Å². The van der Waals surface area contributed by atoms with Crippen molar-refractivity contribution in [2.75, 3.05) is 32.7 Å². The summed E-state index contributed by atoms with van der Waals surface area (Å²) >= 11 is 0. The van der Waals surface area contributed by atoms with Gasteiger partial charge in [-0.1, -0.05) is 6.07 Å². The van der Waals surface area contributed by atoms with Crippen LogP contribution in [0.2, 0.25) is 0 Å². The number of likely N-dealkylation sites (tertiary alicyclic amines) is 2. The fourth-order valence-electron chi connectivity index (χ4n) is 3.20. The zero-order valence-corrected chi connectivity index (χ0v) is 14.9. The number of pyridine rings is 1. The minimum atomic E-state index is -1.03. The molecular formula is C18H26N4O3. The van der Waals surface area contributed by atoms with E-state index >= 15 is 0 Å². The van der Waals surface area contributed by atoms with Crippen LogP contribution < -0.4 is 5.32 Å². The van der Waals surface area contributed by atoms with Crippen molar-refractivity contribution >= 4 is 11.8 Å². The van der Waals surface area contributed by atoms with Crippen LogP contribution in [-0.4, -0.2) is 76.1 Å². The number of carbonyl (C=O) groups excluding carboxylic acids is 2. The molecule has 7 nitrogen and oxygen atoms in total. The molecule has 0 saturated carbocycles. The van der Waals surface area contributed by atoms with Crippen LogP contribution >= 0.6 is 0 Å². The number of aromatic nitrogens is 1. The van der Waals surface area contributed by atoms with Crippen LogP contribution in [0.15, 0.2) is 18.3 Å². The molecule has 2 N–H and O–H groups in total. The number of β-amino-alcohol motifs (C(OH)–C–C–N with tert-alkyl or cyclic N) is 1. The first-order valence-corrected chi connectivity index (χ1v) is 8.80. The first-order chi connectivity index (χ1) is 11.9. The van der Waals surface area contributed by atoms with Gasteiger partial charge in [-0.25, -0.2) is 0 Å². The van der Waals surface area contributed by atoms with E-state index in [0.717, 1.165) is 30.8 Å². The van der Waals surface area contributed by atoms with Crippen molar-refractivity contribution in [2.24, 2.45) is 0 Å². The smallest absolute Gasteiger partial charge is 0.237 e. The zero-order chi connectivity index (χ0) is 18.0. The van der Waals surface area contributed by atoms with Crippen LogP contribution in [0.3, 0.4) is 0 Å². The molecule has 1 aromatic heterocycles. The third kappa shape index (κ3) is 3.99. The summed E-state index contributed by atoms with van der Waals surface area (Å²) in [5.74, 6) is -0.117. The van der Waals surface area contributed by atoms with Crippen LogP contribution in [0.5, 0.6) is 0 Å². The summed E-state index contributed by atoms with van der Waals surface area (Å²) in [6.07, 6.45) is 3.05. The van der Waals surface area contributed by atoms with E-state index in [1.807, 2.05) is 26.0 Å². The van der Waals surface area contributed by atoms with Gasteiger partial charge in [0.25, 0.3) is 0 Å². The second kappa shape index (κ2) is 7.09. The molecule has 1 unspecified atom stereocenters. The molecule has 1 atom stereocenters. The van der Waals surface area contributed by atoms with Gasteiger partial charge in [0.2, 0.25) is 11.8 Å². The molecular weight excluding hydrogens is 320 g/mol. The number of amides is 2. The molecule has 136 valence electrons. The average Bonchev–Trinajstić information content (AvgIpc) is 2.50. The lowest BCUT2D eigenvalue weighted by Crippen LogP contribution is -2.68. The number of aliphatic hydroxyl groups is 1. The van der Waals surface area contributed by atoms with Crippen molar-refractivity contribution in [1.82, 2.24) is 20.1 Å². The highest BCUT2D eigenvalue weighted by atomic mass is 16.3. The minimum absolute atomic E-state index is 0.0493. The fraction of sp³-hybridized carbons (Fsp3) is 0.611. The van der Waals surface area contributed by atoms with E-state index < -0.39 is 5.60 Å². The number of nitrogens with zero attached hydrogens (tertiary/aromatic N) is 3. The Morgan fingerprint density at radius 3 is 2.72 bits per heavy atom. The third-order valence-corrected chi connectivity index (χ3v) is 5.17. The molecule has 25 heavy (non-hydrogen) atoms. The van der Waals surface area contributed by atoms with Gasteiger partial charge >= 0.3 is 0 Å². The summed E-state index contributed by atoms with van der Waals surface area (Å²) in [6, 6.07) is 3.61. The molecule has 3 rings (SSSR count). The van der Waals surface area contributed by atoms with Gasteiger partial charge in [0, 0.05) is 25.8 Å². The summed E-state index contributed by atoms with van der Waals surface area (Å²) in [7, 11) is 0. The van der Waals surface area contributed by atoms with E-state index in [-0.39, 0.29) is 43.9 Å². The molecule has 2 aliphatic heterocycles. The molecule has 2 amide bonds. The van der Waals surface area contributed by atoms with Crippen molar-refractivity contribution < 1.29 is 14.7 Å². The molecule has 0 aromatic carbocycles. The Morgan fingerprint density at radius 1 is 1.40 bits per heavy atom. The molecule has 3 heterocycles. The summed E-state index contributed by atoms with van der Waals surface area (Å²) < 4.78 is 0. The standard InChI is InChI=1S/C18H26N4O3/c1-13-5-3-6-19-15(13)9-16(23)22-11-18(25,12-22)10-20-17(24)14(2)21-7-4-8-21/h3,5-6,14,25H,4,7-12H2,1-2H3,(H,20,24). The van der Waals surface area contributed by atoms with Gasteiger partial charge in [0.15, 0.2) is 0 Å². The lowest BCUT2D eigenvalue weighted by molar-refractivity contribution is -0.155. The highest BCUT2D eigenvalue weighted by Crippen LogP contribution is 2.21. The Balaban J connectivity index is 1.43. The van der Waals surface area contributed by atoms with Gasteiger partial charge in [-0.15, -0.1) is 0 Å². The maximum Gasteiger partial charge on any atom is 0.237 e. The van der Waals surface area contributed by atoms with E-state index in [2.05, 4.69) is 15.2 Å². The van der Waals surface area contributed by atoms with Gasteiger partial charge in [-0.2, -0.15) is 0 Å². The summed E-state index contributed by atoms with van der Waals surface area (Å²) in [4.78, 5) is 32.3. The van der Waals surface area contributed by atoms with Crippen LogP contribution in [-0.2, 0) is 16.0 Å². The highest BCUT2D eigenvalue weighted by Gasteiger charge is 2.44. The maximum absolute atomic E-state index is 12.3. The molecule has 7 heteroatoms. The van der Waals surface area contributed by atoms with E-state index in [0.29, 0.717) is 0 Å². The highest BCUT2D eigenvalue weighted by molar-refractivity contribution is 5.82. The van der Waals surface area contributed by atoms with Crippen molar-refractivity contribution in [3.8, 4) is 0 Å². The lowest BCUT2D eigenvalue weighted by Gasteiger charge is -2.46. The minimum Gasteiger partial charge on any atom is -0.384 e. The Bertz CT molecular complexity index is 653. The molecule has 2 fully saturated rings. The van der Waals surface area contributed by atoms with Gasteiger partial charge in [-0.05, 0) is 31.9 Å². The Kier molecular flexibility index (Phi) is 5.06. The topological polar surface area (TPSA) is 85.8 Å². The fourth-order valence-corrected chi connectivity index (χ4v) is 3.20. The molecule has 0 aliphatic carbocycles. The summed E-state index contributed by atoms with van der Waals surface area (Å²) in [5.41, 5.74) is 0.720. The van der Waals surface area contributed by atoms with Gasteiger partial charge in [-0.3, -0.25) is 19.5 Å². The van der Waals surface area contributed by atoms with Gasteiger partial charge in [0.1, 0.15) is 5.60 Å². The number of hydrogen-bond donors (Lipinski definition) is 2. The predicted molar refractivity (Wildman–Crippen MR) is 92.9 cm³/mol. The van der Waals surface area contributed by atoms with E-state index in [9.17, 15) is 14.7 Å². The van der Waals surface area contributed by atoms with Crippen LogP contribution in [0.4, 0.5) is 0 Å². The van der Waals surface area contributed by atoms with Crippen LogP contribution in [0.1, 0.15) is 24.6 Å². The van der Waals surface area contributed by atoms with Crippen LogP contribution in [0.25, 0.3) is 0 Å². The van der Waals surface area contributed by atoms with Gasteiger partial charge < -0.3 is 15.3 Å². The normalized spacial score (nSPS) is 20.4. The average molecular weight is 346 g/mol. The van der Waals surface area contributed by atoms with E-state index in [4.69, 9.17) is 0 Å². The third-order valence-electron chi connectivity index (χ3n) is 5.17. The van der Waals surface area contributed by atoms with E-state index in [1.165, 1.54) is 0 Å². The molecule has 0 radical (unpaired) electrons. The number of carbonyl (C=O) groups is 2. The summed E-state index contributed by atoms with van der Waals surface area (Å²) in [5, 5.41) is 13.3. The first kappa shape index (κ1) is 17.8. The first-order valence-electron chi connectivity index (χ1n) is 8.80. The van der Waals surface area contributed by atoms with E-state index in [1.54, 1.807) is 11.1 Å². The monoisotopic (exact) mass is 346 g/mol. The number of rotatable bonds is 6. The number of nitrogens with one attached hydrogen (secondary N) is 1. The molecule has 2 saturated heterocycles. The van der Waals surface area contributed by atoms with Crippen molar-refractivity contribution in [1.29, 1.82) is 0 Å². The lowest BCUT2D eigenvalue weighted by atomic mass is 9.93. The molecule has 0 spiro atoms. The largest absolute Gasteiger partial charge is 0.384 e. The number of hydrogen-bond acceptors (Lipinski definition) is 5. The Labute approximate surface area is 148 Å². The van der Waals surface area contributed by atoms with Crippen LogP contribution in [0, 0.1) is 6.92 Å². The maximum atomic E-state index is 12.3. The van der Waals surface area contributed by atoms with Crippen molar-refractivity contribution in [3.63, 3.8) is 0 Å². The molecule has 1 aromatic rings. The number of aryl methyl sites for hydroxylation is 1. The van der Waals surface area contributed by atoms with Gasteiger partial charge in [0.05, 0.1) is 31.2 Å². The van der Waals surface area contributed by atoms with Crippen molar-refractivity contribution in [2.45, 2.75) is 38.3 Å².